The standard InChI is InChI=1S/C17H19N3O2/c1-11-6-8-14(9-7-11)18-17(22)12(2)20-16(21)10-13-4-3-5-15(13)19-20/h6-10,12H,3-5H2,1-2H3,(H,18,22). The van der Waals surface area contributed by atoms with E-state index in [0.29, 0.717) is 0 Å². The molecule has 1 N–H and O–H groups in total. The van der Waals surface area contributed by atoms with Gasteiger partial charge in [0.05, 0.1) is 5.69 Å². The fourth-order valence-corrected chi connectivity index (χ4v) is 2.69. The number of benzene rings is 1. The van der Waals surface area contributed by atoms with Crippen molar-refractivity contribution in [3.63, 3.8) is 0 Å². The van der Waals surface area contributed by atoms with Gasteiger partial charge in [0, 0.05) is 11.8 Å². The highest BCUT2D eigenvalue weighted by Gasteiger charge is 2.21. The first-order chi connectivity index (χ1) is 10.5. The van der Waals surface area contributed by atoms with Crippen molar-refractivity contribution in [3.8, 4) is 0 Å². The lowest BCUT2D eigenvalue weighted by atomic mass is 10.2. The molecule has 5 nitrogen and oxygen atoms in total. The summed E-state index contributed by atoms with van der Waals surface area (Å²) < 4.78 is 1.29. The first kappa shape index (κ1) is 14.5. The number of hydrogen-bond acceptors (Lipinski definition) is 3. The Hall–Kier alpha value is -2.43. The van der Waals surface area contributed by atoms with Crippen molar-refractivity contribution in [1.29, 1.82) is 0 Å². The molecular formula is C17H19N3O2. The molecule has 1 heterocycles. The summed E-state index contributed by atoms with van der Waals surface area (Å²) in [5.74, 6) is -0.239. The highest BCUT2D eigenvalue weighted by molar-refractivity contribution is 5.93. The second-order valence-corrected chi connectivity index (χ2v) is 5.78. The van der Waals surface area contributed by atoms with E-state index in [0.717, 1.165) is 41.8 Å². The Labute approximate surface area is 129 Å². The first-order valence-corrected chi connectivity index (χ1v) is 7.54. The third kappa shape index (κ3) is 2.79. The Kier molecular flexibility index (Phi) is 3.79. The Morgan fingerprint density at radius 3 is 2.73 bits per heavy atom. The van der Waals surface area contributed by atoms with Crippen LogP contribution in [0.5, 0.6) is 0 Å². The number of fused-ring (bicyclic) bond motifs is 1. The topological polar surface area (TPSA) is 64.0 Å². The molecule has 1 aromatic heterocycles. The summed E-state index contributed by atoms with van der Waals surface area (Å²) in [7, 11) is 0. The van der Waals surface area contributed by atoms with Crippen LogP contribution >= 0.6 is 0 Å². The van der Waals surface area contributed by atoms with Crippen LogP contribution in [0.25, 0.3) is 0 Å². The van der Waals surface area contributed by atoms with Crippen LogP contribution in [0.3, 0.4) is 0 Å². The minimum absolute atomic E-state index is 0.216. The minimum atomic E-state index is -0.639. The van der Waals surface area contributed by atoms with Gasteiger partial charge in [0.25, 0.3) is 5.56 Å². The number of amides is 1. The van der Waals surface area contributed by atoms with Gasteiger partial charge in [0.15, 0.2) is 0 Å². The molecule has 0 radical (unpaired) electrons. The predicted molar refractivity (Wildman–Crippen MR) is 85.0 cm³/mol. The molecule has 1 aliphatic carbocycles. The Morgan fingerprint density at radius 1 is 1.27 bits per heavy atom. The normalized spacial score (nSPS) is 14.5. The smallest absolute Gasteiger partial charge is 0.267 e. The maximum absolute atomic E-state index is 12.3. The monoisotopic (exact) mass is 297 g/mol. The zero-order valence-corrected chi connectivity index (χ0v) is 12.8. The van der Waals surface area contributed by atoms with E-state index in [-0.39, 0.29) is 11.5 Å². The molecule has 1 amide bonds. The molecule has 0 saturated carbocycles. The minimum Gasteiger partial charge on any atom is -0.324 e. The van der Waals surface area contributed by atoms with E-state index in [4.69, 9.17) is 0 Å². The molecule has 1 aromatic carbocycles. The number of nitrogens with one attached hydrogen (secondary N) is 1. The average Bonchev–Trinajstić information content (AvgIpc) is 2.95. The van der Waals surface area contributed by atoms with Crippen LogP contribution in [-0.4, -0.2) is 15.7 Å². The molecule has 0 saturated heterocycles. The van der Waals surface area contributed by atoms with Gasteiger partial charge in [-0.15, -0.1) is 0 Å². The van der Waals surface area contributed by atoms with Crippen molar-refractivity contribution in [2.75, 3.05) is 5.32 Å². The maximum atomic E-state index is 12.3. The van der Waals surface area contributed by atoms with Gasteiger partial charge >= 0.3 is 0 Å². The first-order valence-electron chi connectivity index (χ1n) is 7.54. The highest BCUT2D eigenvalue weighted by atomic mass is 16.2. The molecular weight excluding hydrogens is 278 g/mol. The number of aryl methyl sites for hydroxylation is 3. The van der Waals surface area contributed by atoms with Gasteiger partial charge in [-0.1, -0.05) is 17.7 Å². The SMILES string of the molecule is Cc1ccc(NC(=O)C(C)n2nc3c(cc2=O)CCC3)cc1. The number of aromatic nitrogens is 2. The van der Waals surface area contributed by atoms with Crippen molar-refractivity contribution in [2.24, 2.45) is 0 Å². The summed E-state index contributed by atoms with van der Waals surface area (Å²) in [6.45, 7) is 3.68. The lowest BCUT2D eigenvalue weighted by Crippen LogP contribution is -2.33. The van der Waals surface area contributed by atoms with Gasteiger partial charge in [0.1, 0.15) is 6.04 Å². The number of nitrogens with zero attached hydrogens (tertiary/aromatic N) is 2. The third-order valence-corrected chi connectivity index (χ3v) is 4.05. The molecule has 3 rings (SSSR count). The van der Waals surface area contributed by atoms with Gasteiger partial charge < -0.3 is 5.32 Å². The summed E-state index contributed by atoms with van der Waals surface area (Å²) in [5.41, 5.74) is 3.59. The van der Waals surface area contributed by atoms with Gasteiger partial charge in [0.2, 0.25) is 5.91 Å². The fourth-order valence-electron chi connectivity index (χ4n) is 2.69. The third-order valence-electron chi connectivity index (χ3n) is 4.05. The van der Waals surface area contributed by atoms with Crippen molar-refractivity contribution < 1.29 is 4.79 Å². The quantitative estimate of drug-likeness (QED) is 0.945. The van der Waals surface area contributed by atoms with Crippen molar-refractivity contribution in [1.82, 2.24) is 9.78 Å². The Balaban J connectivity index is 1.81. The van der Waals surface area contributed by atoms with Crippen LogP contribution in [-0.2, 0) is 17.6 Å². The van der Waals surface area contributed by atoms with Gasteiger partial charge in [-0.25, -0.2) is 4.68 Å². The largest absolute Gasteiger partial charge is 0.324 e. The van der Waals surface area contributed by atoms with Crippen LogP contribution in [0.1, 0.15) is 36.2 Å². The van der Waals surface area contributed by atoms with E-state index >= 15 is 0 Å². The molecule has 2 aromatic rings. The zero-order valence-electron chi connectivity index (χ0n) is 12.8. The van der Waals surface area contributed by atoms with E-state index in [1.807, 2.05) is 31.2 Å². The summed E-state index contributed by atoms with van der Waals surface area (Å²) in [5, 5.41) is 7.20. The van der Waals surface area contributed by atoms with Crippen LogP contribution in [0.15, 0.2) is 35.1 Å². The maximum Gasteiger partial charge on any atom is 0.267 e. The number of carbonyl (C=O) groups is 1. The van der Waals surface area contributed by atoms with E-state index in [1.165, 1.54) is 4.68 Å². The van der Waals surface area contributed by atoms with Gasteiger partial charge in [-0.05, 0) is 50.8 Å². The summed E-state index contributed by atoms with van der Waals surface area (Å²) >= 11 is 0. The summed E-state index contributed by atoms with van der Waals surface area (Å²) in [6.07, 6.45) is 2.81. The second kappa shape index (κ2) is 5.75. The number of anilines is 1. The Bertz CT molecular complexity index is 762. The van der Waals surface area contributed by atoms with E-state index in [2.05, 4.69) is 10.4 Å². The molecule has 1 atom stereocenters. The summed E-state index contributed by atoms with van der Waals surface area (Å²) in [6, 6.07) is 8.53. The zero-order chi connectivity index (χ0) is 15.7. The number of carbonyl (C=O) groups excluding carboxylic acids is 1. The van der Waals surface area contributed by atoms with Crippen molar-refractivity contribution in [2.45, 2.75) is 39.2 Å². The van der Waals surface area contributed by atoms with Crippen LogP contribution in [0.2, 0.25) is 0 Å². The Morgan fingerprint density at radius 2 is 2.00 bits per heavy atom. The molecule has 0 spiro atoms. The second-order valence-electron chi connectivity index (χ2n) is 5.78. The van der Waals surface area contributed by atoms with E-state index < -0.39 is 6.04 Å². The van der Waals surface area contributed by atoms with Crippen molar-refractivity contribution >= 4 is 11.6 Å². The average molecular weight is 297 g/mol. The van der Waals surface area contributed by atoms with Crippen LogP contribution in [0, 0.1) is 6.92 Å². The highest BCUT2D eigenvalue weighted by Crippen LogP contribution is 2.18. The van der Waals surface area contributed by atoms with Gasteiger partial charge in [-0.3, -0.25) is 9.59 Å². The molecule has 1 unspecified atom stereocenters. The summed E-state index contributed by atoms with van der Waals surface area (Å²) in [4.78, 5) is 24.5. The molecule has 0 aliphatic heterocycles. The van der Waals surface area contributed by atoms with Crippen LogP contribution in [0.4, 0.5) is 5.69 Å². The lowest BCUT2D eigenvalue weighted by Gasteiger charge is -2.15. The fraction of sp³-hybridized carbons (Fsp3) is 0.353. The van der Waals surface area contributed by atoms with Crippen molar-refractivity contribution in [3.05, 3.63) is 57.5 Å². The molecule has 0 bridgehead atoms. The number of hydrogen-bond donors (Lipinski definition) is 1. The molecule has 22 heavy (non-hydrogen) atoms. The van der Waals surface area contributed by atoms with E-state index in [9.17, 15) is 9.59 Å². The van der Waals surface area contributed by atoms with Crippen LogP contribution < -0.4 is 10.9 Å². The van der Waals surface area contributed by atoms with Gasteiger partial charge in [-0.2, -0.15) is 5.10 Å². The lowest BCUT2D eigenvalue weighted by molar-refractivity contribution is -0.119. The predicted octanol–water partition coefficient (Wildman–Crippen LogP) is 2.24. The molecule has 5 heteroatoms. The molecule has 114 valence electrons. The molecule has 1 aliphatic rings. The van der Waals surface area contributed by atoms with E-state index in [1.54, 1.807) is 13.0 Å². The number of rotatable bonds is 3. The molecule has 0 fully saturated rings.